The van der Waals surface area contributed by atoms with Gasteiger partial charge in [0.15, 0.2) is 9.84 Å². The molecule has 0 aliphatic heterocycles. The van der Waals surface area contributed by atoms with E-state index < -0.39 is 9.84 Å². The lowest BCUT2D eigenvalue weighted by Crippen LogP contribution is -2.14. The maximum absolute atomic E-state index is 11.3. The van der Waals surface area contributed by atoms with Crippen molar-refractivity contribution < 1.29 is 8.42 Å². The molecule has 16 heavy (non-hydrogen) atoms. The molecule has 0 fully saturated rings. The Labute approximate surface area is 105 Å². The highest BCUT2D eigenvalue weighted by atomic mass is 79.9. The second-order valence-corrected chi connectivity index (χ2v) is 6.91. The van der Waals surface area contributed by atoms with Crippen LogP contribution in [0.2, 0.25) is 0 Å². The molecule has 0 aliphatic rings. The van der Waals surface area contributed by atoms with Gasteiger partial charge in [-0.25, -0.2) is 8.42 Å². The van der Waals surface area contributed by atoms with E-state index in [1.165, 1.54) is 0 Å². The minimum absolute atomic E-state index is 0.170. The number of nitrogens with zero attached hydrogens (tertiary/aromatic N) is 2. The van der Waals surface area contributed by atoms with Gasteiger partial charge in [0.25, 0.3) is 0 Å². The molecule has 0 saturated heterocycles. The van der Waals surface area contributed by atoms with Gasteiger partial charge < -0.3 is 0 Å². The van der Waals surface area contributed by atoms with E-state index in [0.717, 1.165) is 23.7 Å². The predicted octanol–water partition coefficient (Wildman–Crippen LogP) is 1.65. The molecule has 6 heteroatoms. The summed E-state index contributed by atoms with van der Waals surface area (Å²) in [5.41, 5.74) is 1.16. The number of halogens is 1. The van der Waals surface area contributed by atoms with Crippen LogP contribution in [0.4, 0.5) is 0 Å². The van der Waals surface area contributed by atoms with E-state index in [1.54, 1.807) is 17.8 Å². The number of rotatable bonds is 7. The molecule has 0 aliphatic carbocycles. The summed E-state index contributed by atoms with van der Waals surface area (Å²) in [6.07, 6.45) is 5.78. The molecule has 0 unspecified atom stereocenters. The van der Waals surface area contributed by atoms with Crippen LogP contribution in [0.25, 0.3) is 0 Å². The van der Waals surface area contributed by atoms with E-state index in [1.807, 2.05) is 6.20 Å². The Morgan fingerprint density at radius 2 is 2.25 bits per heavy atom. The lowest BCUT2D eigenvalue weighted by Gasteiger charge is -2.01. The van der Waals surface area contributed by atoms with E-state index in [-0.39, 0.29) is 11.5 Å². The molecule has 0 radical (unpaired) electrons. The number of hydrogen-bond donors (Lipinski definition) is 0. The highest BCUT2D eigenvalue weighted by Crippen LogP contribution is 2.04. The molecule has 0 amide bonds. The van der Waals surface area contributed by atoms with Crippen LogP contribution in [0.1, 0.15) is 18.9 Å². The van der Waals surface area contributed by atoms with E-state index in [4.69, 9.17) is 0 Å². The summed E-state index contributed by atoms with van der Waals surface area (Å²) in [5, 5.41) is 5.12. The van der Waals surface area contributed by atoms with E-state index in [2.05, 4.69) is 21.0 Å². The summed E-state index contributed by atoms with van der Waals surface area (Å²) in [4.78, 5) is 0. The molecule has 1 rings (SSSR count). The Morgan fingerprint density at radius 1 is 1.50 bits per heavy atom. The first-order valence-corrected chi connectivity index (χ1v) is 8.29. The van der Waals surface area contributed by atoms with Crippen LogP contribution in [-0.4, -0.2) is 35.0 Å². The van der Waals surface area contributed by atoms with Crippen molar-refractivity contribution >= 4 is 25.8 Å². The zero-order chi connectivity index (χ0) is 12.0. The predicted molar refractivity (Wildman–Crippen MR) is 68.7 cm³/mol. The van der Waals surface area contributed by atoms with Gasteiger partial charge in [0.2, 0.25) is 0 Å². The molecule has 1 aromatic rings. The van der Waals surface area contributed by atoms with Gasteiger partial charge in [0.1, 0.15) is 0 Å². The minimum Gasteiger partial charge on any atom is -0.271 e. The largest absolute Gasteiger partial charge is 0.271 e. The van der Waals surface area contributed by atoms with E-state index in [0.29, 0.717) is 6.54 Å². The Hall–Kier alpha value is -0.360. The topological polar surface area (TPSA) is 52.0 Å². The quantitative estimate of drug-likeness (QED) is 0.720. The van der Waals surface area contributed by atoms with Crippen LogP contribution in [0.3, 0.4) is 0 Å². The summed E-state index contributed by atoms with van der Waals surface area (Å²) >= 11 is 3.37. The van der Waals surface area contributed by atoms with E-state index in [9.17, 15) is 8.42 Å². The zero-order valence-electron chi connectivity index (χ0n) is 9.39. The van der Waals surface area contributed by atoms with Crippen molar-refractivity contribution in [2.75, 3.05) is 16.8 Å². The molecule has 0 N–H and O–H groups in total. The van der Waals surface area contributed by atoms with Crippen molar-refractivity contribution in [2.45, 2.75) is 26.3 Å². The molecule has 0 aromatic carbocycles. The van der Waals surface area contributed by atoms with Crippen molar-refractivity contribution in [3.8, 4) is 0 Å². The molecule has 1 aromatic heterocycles. The molecule has 0 bridgehead atoms. The second-order valence-electron chi connectivity index (χ2n) is 3.64. The van der Waals surface area contributed by atoms with Gasteiger partial charge in [0.05, 0.1) is 18.5 Å². The molecular formula is C10H17BrN2O2S. The average molecular weight is 309 g/mol. The molecular weight excluding hydrogens is 292 g/mol. The maximum atomic E-state index is 11.3. The Kier molecular flexibility index (Phi) is 5.48. The highest BCUT2D eigenvalue weighted by molar-refractivity contribution is 9.09. The summed E-state index contributed by atoms with van der Waals surface area (Å²) in [5.74, 6) is 0.369. The van der Waals surface area contributed by atoms with Gasteiger partial charge >= 0.3 is 0 Å². The number of alkyl halides is 1. The molecule has 0 spiro atoms. The van der Waals surface area contributed by atoms with Crippen molar-refractivity contribution in [3.05, 3.63) is 18.0 Å². The number of sulfone groups is 1. The molecule has 4 nitrogen and oxygen atoms in total. The standard InChI is InChI=1S/C10H17BrN2O2S/c1-2-16(14,15)7-6-13-9-10(8-12-13)4-3-5-11/h8-9H,2-7H2,1H3. The normalized spacial score (nSPS) is 11.9. The summed E-state index contributed by atoms with van der Waals surface area (Å²) < 4.78 is 24.3. The monoisotopic (exact) mass is 308 g/mol. The number of hydrogen-bond acceptors (Lipinski definition) is 3. The number of aryl methyl sites for hydroxylation is 2. The maximum Gasteiger partial charge on any atom is 0.151 e. The van der Waals surface area contributed by atoms with Gasteiger partial charge in [-0.15, -0.1) is 0 Å². The zero-order valence-corrected chi connectivity index (χ0v) is 11.8. The molecule has 92 valence electrons. The first-order valence-electron chi connectivity index (χ1n) is 5.35. The molecule has 0 saturated carbocycles. The lowest BCUT2D eigenvalue weighted by molar-refractivity contribution is 0.581. The van der Waals surface area contributed by atoms with Crippen LogP contribution >= 0.6 is 15.9 Å². The fourth-order valence-corrected chi connectivity index (χ4v) is 2.34. The van der Waals surface area contributed by atoms with Crippen LogP contribution in [0, 0.1) is 0 Å². The Balaban J connectivity index is 2.46. The van der Waals surface area contributed by atoms with Gasteiger partial charge in [-0.1, -0.05) is 22.9 Å². The van der Waals surface area contributed by atoms with Crippen molar-refractivity contribution in [1.82, 2.24) is 9.78 Å². The molecule has 1 heterocycles. The second kappa shape index (κ2) is 6.39. The third kappa shape index (κ3) is 4.65. The first kappa shape index (κ1) is 13.7. The molecule has 0 atom stereocenters. The van der Waals surface area contributed by atoms with Crippen molar-refractivity contribution in [3.63, 3.8) is 0 Å². The van der Waals surface area contributed by atoms with Gasteiger partial charge in [-0.05, 0) is 18.4 Å². The van der Waals surface area contributed by atoms with Gasteiger partial charge in [-0.2, -0.15) is 5.10 Å². The van der Waals surface area contributed by atoms with Crippen LogP contribution in [0.15, 0.2) is 12.4 Å². The lowest BCUT2D eigenvalue weighted by atomic mass is 10.2. The SMILES string of the molecule is CCS(=O)(=O)CCn1cc(CCCBr)cn1. The summed E-state index contributed by atoms with van der Waals surface area (Å²) in [6.45, 7) is 2.12. The van der Waals surface area contributed by atoms with Crippen LogP contribution in [-0.2, 0) is 22.8 Å². The summed E-state index contributed by atoms with van der Waals surface area (Å²) in [7, 11) is -2.89. The fraction of sp³-hybridized carbons (Fsp3) is 0.700. The Morgan fingerprint density at radius 3 is 2.88 bits per heavy atom. The van der Waals surface area contributed by atoms with Crippen LogP contribution in [0.5, 0.6) is 0 Å². The van der Waals surface area contributed by atoms with Crippen LogP contribution < -0.4 is 0 Å². The highest BCUT2D eigenvalue weighted by Gasteiger charge is 2.07. The summed E-state index contributed by atoms with van der Waals surface area (Å²) in [6, 6.07) is 0. The minimum atomic E-state index is -2.89. The average Bonchev–Trinajstić information content (AvgIpc) is 2.72. The Bertz CT molecular complexity index is 414. The fourth-order valence-electron chi connectivity index (χ4n) is 1.31. The third-order valence-corrected chi connectivity index (χ3v) is 4.60. The number of aromatic nitrogens is 2. The smallest absolute Gasteiger partial charge is 0.151 e. The van der Waals surface area contributed by atoms with Gasteiger partial charge in [0, 0.05) is 17.3 Å². The van der Waals surface area contributed by atoms with Crippen molar-refractivity contribution in [1.29, 1.82) is 0 Å². The van der Waals surface area contributed by atoms with Gasteiger partial charge in [-0.3, -0.25) is 4.68 Å². The van der Waals surface area contributed by atoms with Crippen molar-refractivity contribution in [2.24, 2.45) is 0 Å². The van der Waals surface area contributed by atoms with E-state index >= 15 is 0 Å². The first-order chi connectivity index (χ1) is 7.57. The third-order valence-electron chi connectivity index (χ3n) is 2.36.